The van der Waals surface area contributed by atoms with Crippen LogP contribution in [0.1, 0.15) is 11.6 Å². The van der Waals surface area contributed by atoms with Crippen LogP contribution in [-0.2, 0) is 10.8 Å². The predicted octanol–water partition coefficient (Wildman–Crippen LogP) is 2.53. The Balaban J connectivity index is 2.32. The second-order valence-corrected chi connectivity index (χ2v) is 6.04. The van der Waals surface area contributed by atoms with Crippen LogP contribution in [-0.4, -0.2) is 22.3 Å². The van der Waals surface area contributed by atoms with E-state index in [1.54, 1.807) is 0 Å². The van der Waals surface area contributed by atoms with Gasteiger partial charge in [0.05, 0.1) is 5.02 Å². The Morgan fingerprint density at radius 1 is 1.38 bits per heavy atom. The van der Waals surface area contributed by atoms with Crippen molar-refractivity contribution in [3.05, 3.63) is 33.6 Å². The van der Waals surface area contributed by atoms with E-state index in [-0.39, 0.29) is 11.1 Å². The normalized spacial score (nSPS) is 25.7. The van der Waals surface area contributed by atoms with E-state index in [9.17, 15) is 8.60 Å². The van der Waals surface area contributed by atoms with E-state index in [2.05, 4.69) is 5.32 Å². The molecule has 1 aliphatic rings. The molecule has 1 saturated heterocycles. The molecule has 16 heavy (non-hydrogen) atoms. The summed E-state index contributed by atoms with van der Waals surface area (Å²) in [5.41, 5.74) is 0.622. The van der Waals surface area contributed by atoms with Crippen molar-refractivity contribution in [3.8, 4) is 0 Å². The lowest BCUT2D eigenvalue weighted by Crippen LogP contribution is -2.36. The summed E-state index contributed by atoms with van der Waals surface area (Å²) < 4.78 is 24.7. The molecule has 0 aliphatic carbocycles. The molecule has 88 valence electrons. The molecule has 2 rings (SSSR count). The second-order valence-electron chi connectivity index (χ2n) is 3.61. The Hall–Kier alpha value is -0.160. The molecule has 2 unspecified atom stereocenters. The molecule has 0 amide bonds. The topological polar surface area (TPSA) is 29.1 Å². The predicted molar refractivity (Wildman–Crippen MR) is 65.0 cm³/mol. The maximum absolute atomic E-state index is 13.3. The van der Waals surface area contributed by atoms with E-state index in [1.807, 2.05) is 0 Å². The summed E-state index contributed by atoms with van der Waals surface area (Å²) in [6, 6.07) is 2.53. The smallest absolute Gasteiger partial charge is 0.142 e. The lowest BCUT2D eigenvalue weighted by molar-refractivity contribution is 0.564. The zero-order valence-electron chi connectivity index (χ0n) is 8.30. The number of benzene rings is 1. The van der Waals surface area contributed by atoms with Crippen molar-refractivity contribution in [3.63, 3.8) is 0 Å². The van der Waals surface area contributed by atoms with Crippen LogP contribution in [0.4, 0.5) is 4.39 Å². The van der Waals surface area contributed by atoms with Crippen molar-refractivity contribution in [1.29, 1.82) is 0 Å². The fourth-order valence-electron chi connectivity index (χ4n) is 1.68. The number of halogens is 3. The van der Waals surface area contributed by atoms with Crippen LogP contribution in [0.3, 0.4) is 0 Å². The van der Waals surface area contributed by atoms with E-state index in [1.165, 1.54) is 12.1 Å². The summed E-state index contributed by atoms with van der Waals surface area (Å²) in [5.74, 6) is 0.588. The van der Waals surface area contributed by atoms with Crippen LogP contribution in [0.15, 0.2) is 12.1 Å². The zero-order chi connectivity index (χ0) is 11.7. The maximum Gasteiger partial charge on any atom is 0.142 e. The first-order valence-electron chi connectivity index (χ1n) is 4.80. The average molecular weight is 282 g/mol. The molecule has 1 N–H and O–H groups in total. The lowest BCUT2D eigenvalue weighted by atomic mass is 10.1. The average Bonchev–Trinajstić information content (AvgIpc) is 2.23. The van der Waals surface area contributed by atoms with Crippen LogP contribution in [0.5, 0.6) is 0 Å². The minimum Gasteiger partial charge on any atom is -0.308 e. The molecule has 0 aromatic heterocycles. The van der Waals surface area contributed by atoms with Gasteiger partial charge in [-0.15, -0.1) is 0 Å². The van der Waals surface area contributed by atoms with Gasteiger partial charge in [0.15, 0.2) is 0 Å². The first kappa shape index (κ1) is 12.3. The van der Waals surface area contributed by atoms with E-state index in [4.69, 9.17) is 23.2 Å². The van der Waals surface area contributed by atoms with Crippen LogP contribution in [0, 0.1) is 5.82 Å². The van der Waals surface area contributed by atoms with Gasteiger partial charge < -0.3 is 5.32 Å². The second kappa shape index (κ2) is 5.00. The zero-order valence-corrected chi connectivity index (χ0v) is 10.6. The number of hydrogen-bond acceptors (Lipinski definition) is 2. The minimum atomic E-state index is -0.868. The molecule has 6 heteroatoms. The molecule has 0 saturated carbocycles. The fraction of sp³-hybridized carbons (Fsp3) is 0.400. The fourth-order valence-corrected chi connectivity index (χ4v) is 3.38. The van der Waals surface area contributed by atoms with Gasteiger partial charge in [0, 0.05) is 39.9 Å². The van der Waals surface area contributed by atoms with Crippen molar-refractivity contribution >= 4 is 34.0 Å². The van der Waals surface area contributed by atoms with Gasteiger partial charge >= 0.3 is 0 Å². The van der Waals surface area contributed by atoms with Gasteiger partial charge in [-0.05, 0) is 17.7 Å². The van der Waals surface area contributed by atoms with Gasteiger partial charge in [-0.3, -0.25) is 4.21 Å². The Kier molecular flexibility index (Phi) is 3.85. The third kappa shape index (κ3) is 2.56. The highest BCUT2D eigenvalue weighted by atomic mass is 35.5. The third-order valence-electron chi connectivity index (χ3n) is 2.49. The van der Waals surface area contributed by atoms with Crippen LogP contribution in [0.2, 0.25) is 10.0 Å². The summed E-state index contributed by atoms with van der Waals surface area (Å²) in [7, 11) is -0.868. The Labute approximate surface area is 106 Å². The molecular weight excluding hydrogens is 272 g/mol. The van der Waals surface area contributed by atoms with Gasteiger partial charge in [-0.2, -0.15) is 0 Å². The SMILES string of the molecule is O=S1CCNC(c2cc(F)c(Cl)cc2Cl)C1. The summed E-state index contributed by atoms with van der Waals surface area (Å²) in [6.45, 7) is 0.651. The Bertz CT molecular complexity index is 441. The van der Waals surface area contributed by atoms with Crippen LogP contribution in [0.25, 0.3) is 0 Å². The molecule has 1 aliphatic heterocycles. The molecular formula is C10H10Cl2FNOS. The van der Waals surface area contributed by atoms with Gasteiger partial charge in [-0.25, -0.2) is 4.39 Å². The molecule has 1 aromatic carbocycles. The third-order valence-corrected chi connectivity index (χ3v) is 4.47. The Morgan fingerprint density at radius 3 is 2.81 bits per heavy atom. The van der Waals surface area contributed by atoms with E-state index in [0.29, 0.717) is 28.6 Å². The molecule has 0 spiro atoms. The van der Waals surface area contributed by atoms with E-state index < -0.39 is 16.6 Å². The monoisotopic (exact) mass is 281 g/mol. The summed E-state index contributed by atoms with van der Waals surface area (Å²) in [6.07, 6.45) is 0. The van der Waals surface area contributed by atoms with Gasteiger partial charge in [0.25, 0.3) is 0 Å². The quantitative estimate of drug-likeness (QED) is 0.802. The number of hydrogen-bond donors (Lipinski definition) is 1. The highest BCUT2D eigenvalue weighted by Gasteiger charge is 2.22. The van der Waals surface area contributed by atoms with Gasteiger partial charge in [0.1, 0.15) is 5.82 Å². The van der Waals surface area contributed by atoms with E-state index >= 15 is 0 Å². The lowest BCUT2D eigenvalue weighted by Gasteiger charge is -2.24. The molecule has 0 bridgehead atoms. The molecule has 0 radical (unpaired) electrons. The summed E-state index contributed by atoms with van der Waals surface area (Å²) in [4.78, 5) is 0. The standard InChI is InChI=1S/C10H10Cl2FNOS/c11-7-4-8(12)9(13)3-6(7)10-5-16(15)2-1-14-10/h3-4,10,14H,1-2,5H2. The summed E-state index contributed by atoms with van der Waals surface area (Å²) >= 11 is 11.6. The highest BCUT2D eigenvalue weighted by Crippen LogP contribution is 2.29. The molecule has 1 heterocycles. The van der Waals surface area contributed by atoms with Gasteiger partial charge in [-0.1, -0.05) is 23.2 Å². The molecule has 2 nitrogen and oxygen atoms in total. The highest BCUT2D eigenvalue weighted by molar-refractivity contribution is 7.85. The van der Waals surface area contributed by atoms with Crippen molar-refractivity contribution in [2.24, 2.45) is 0 Å². The Morgan fingerprint density at radius 2 is 2.12 bits per heavy atom. The van der Waals surface area contributed by atoms with Crippen molar-refractivity contribution in [1.82, 2.24) is 5.32 Å². The van der Waals surface area contributed by atoms with Gasteiger partial charge in [0.2, 0.25) is 0 Å². The van der Waals surface area contributed by atoms with Crippen LogP contribution < -0.4 is 5.32 Å². The number of nitrogens with one attached hydrogen (secondary N) is 1. The van der Waals surface area contributed by atoms with Crippen molar-refractivity contribution in [2.75, 3.05) is 18.1 Å². The molecule has 2 atom stereocenters. The first-order chi connectivity index (χ1) is 7.58. The van der Waals surface area contributed by atoms with E-state index in [0.717, 1.165) is 0 Å². The minimum absolute atomic E-state index is 0.00526. The molecule has 1 aromatic rings. The van der Waals surface area contributed by atoms with Crippen molar-refractivity contribution in [2.45, 2.75) is 6.04 Å². The number of rotatable bonds is 1. The molecule has 1 fully saturated rings. The first-order valence-corrected chi connectivity index (χ1v) is 7.05. The van der Waals surface area contributed by atoms with Crippen molar-refractivity contribution < 1.29 is 8.60 Å². The maximum atomic E-state index is 13.3. The largest absolute Gasteiger partial charge is 0.308 e. The van der Waals surface area contributed by atoms with Crippen LogP contribution >= 0.6 is 23.2 Å². The summed E-state index contributed by atoms with van der Waals surface area (Å²) in [5, 5.41) is 3.58.